The third-order valence-corrected chi connectivity index (χ3v) is 2.61. The van der Waals surface area contributed by atoms with Crippen molar-refractivity contribution in [1.29, 1.82) is 0 Å². The number of nitrogens with one attached hydrogen (secondary N) is 1. The van der Waals surface area contributed by atoms with Crippen LogP contribution in [0.25, 0.3) is 0 Å². The van der Waals surface area contributed by atoms with Gasteiger partial charge in [0.05, 0.1) is 0 Å². The molecule has 1 atom stereocenters. The molecule has 0 saturated heterocycles. The van der Waals surface area contributed by atoms with E-state index in [4.69, 9.17) is 0 Å². The van der Waals surface area contributed by atoms with E-state index in [1.165, 1.54) is 0 Å². The summed E-state index contributed by atoms with van der Waals surface area (Å²) in [4.78, 5) is 0. The second kappa shape index (κ2) is 8.75. The van der Waals surface area contributed by atoms with Crippen molar-refractivity contribution in [2.24, 2.45) is 5.92 Å². The molecular weight excluding hydrogens is 231 g/mol. The molecule has 0 spiro atoms. The Kier molecular flexibility index (Phi) is 8.60. The van der Waals surface area contributed by atoms with E-state index >= 15 is 0 Å². The minimum atomic E-state index is -4.21. The first-order chi connectivity index (χ1) is 7.85. The van der Waals surface area contributed by atoms with Gasteiger partial charge in [0.15, 0.2) is 0 Å². The lowest BCUT2D eigenvalue weighted by Gasteiger charge is -2.17. The molecule has 0 aliphatic heterocycles. The van der Waals surface area contributed by atoms with E-state index in [0.29, 0.717) is 18.4 Å². The van der Waals surface area contributed by atoms with E-state index in [1.807, 2.05) is 7.05 Å². The van der Waals surface area contributed by atoms with Gasteiger partial charge in [-0.2, -0.15) is 13.2 Å². The molecule has 1 unspecified atom stereocenters. The van der Waals surface area contributed by atoms with Crippen LogP contribution in [0.3, 0.4) is 0 Å². The first-order valence-corrected chi connectivity index (χ1v) is 6.17. The lowest BCUT2D eigenvalue weighted by molar-refractivity contribution is -0.174. The average molecular weight is 255 g/mol. The molecule has 0 rings (SSSR count). The predicted octanol–water partition coefficient (Wildman–Crippen LogP) is 3.37. The standard InChI is InChI=1S/C12H24F3NO/c1-10(2)6-7-11(16-3)5-4-8-17-9-12(13,14)15/h10-11,16H,4-9H2,1-3H3. The molecular formula is C12H24F3NO. The third kappa shape index (κ3) is 12.0. The molecule has 0 aromatic rings. The molecule has 2 nitrogen and oxygen atoms in total. The molecule has 0 amide bonds. The largest absolute Gasteiger partial charge is 0.411 e. The molecule has 0 aliphatic carbocycles. The molecule has 5 heteroatoms. The number of hydrogen-bond donors (Lipinski definition) is 1. The van der Waals surface area contributed by atoms with Crippen molar-refractivity contribution in [3.63, 3.8) is 0 Å². The fourth-order valence-electron chi connectivity index (χ4n) is 1.59. The van der Waals surface area contributed by atoms with E-state index in [1.54, 1.807) is 0 Å². The Labute approximate surface area is 102 Å². The molecule has 0 aromatic carbocycles. The molecule has 17 heavy (non-hydrogen) atoms. The topological polar surface area (TPSA) is 21.3 Å². The van der Waals surface area contributed by atoms with Crippen molar-refractivity contribution in [1.82, 2.24) is 5.32 Å². The van der Waals surface area contributed by atoms with E-state index in [0.717, 1.165) is 19.3 Å². The van der Waals surface area contributed by atoms with Gasteiger partial charge in [-0.15, -0.1) is 0 Å². The summed E-state index contributed by atoms with van der Waals surface area (Å²) < 4.78 is 39.9. The van der Waals surface area contributed by atoms with Crippen LogP contribution < -0.4 is 5.32 Å². The molecule has 1 N–H and O–H groups in total. The summed E-state index contributed by atoms with van der Waals surface area (Å²) in [5.41, 5.74) is 0. The van der Waals surface area contributed by atoms with Gasteiger partial charge in [0, 0.05) is 12.6 Å². The van der Waals surface area contributed by atoms with Gasteiger partial charge in [0.1, 0.15) is 6.61 Å². The highest BCUT2D eigenvalue weighted by Crippen LogP contribution is 2.15. The van der Waals surface area contributed by atoms with E-state index in [9.17, 15) is 13.2 Å². The van der Waals surface area contributed by atoms with Crippen molar-refractivity contribution >= 4 is 0 Å². The molecule has 0 radical (unpaired) electrons. The lowest BCUT2D eigenvalue weighted by Crippen LogP contribution is -2.26. The number of hydrogen-bond acceptors (Lipinski definition) is 2. The zero-order valence-electron chi connectivity index (χ0n) is 10.9. The van der Waals surface area contributed by atoms with Crippen molar-refractivity contribution in [3.8, 4) is 0 Å². The Morgan fingerprint density at radius 3 is 2.24 bits per heavy atom. The number of ether oxygens (including phenoxy) is 1. The lowest BCUT2D eigenvalue weighted by atomic mass is 10.0. The fourth-order valence-corrected chi connectivity index (χ4v) is 1.59. The van der Waals surface area contributed by atoms with Gasteiger partial charge in [-0.05, 0) is 38.6 Å². The van der Waals surface area contributed by atoms with Gasteiger partial charge >= 0.3 is 6.18 Å². The van der Waals surface area contributed by atoms with Crippen LogP contribution in [-0.4, -0.2) is 32.5 Å². The number of halogens is 3. The van der Waals surface area contributed by atoms with E-state index in [2.05, 4.69) is 23.9 Å². The zero-order chi connectivity index (χ0) is 13.3. The average Bonchev–Trinajstić information content (AvgIpc) is 2.20. The summed E-state index contributed by atoms with van der Waals surface area (Å²) in [5.74, 6) is 0.660. The van der Waals surface area contributed by atoms with Crippen molar-refractivity contribution in [3.05, 3.63) is 0 Å². The van der Waals surface area contributed by atoms with Gasteiger partial charge in [-0.3, -0.25) is 0 Å². The van der Waals surface area contributed by atoms with Crippen LogP contribution in [0.1, 0.15) is 39.5 Å². The van der Waals surface area contributed by atoms with Gasteiger partial charge in [-0.1, -0.05) is 13.8 Å². The second-order valence-corrected chi connectivity index (χ2v) is 4.77. The third-order valence-electron chi connectivity index (χ3n) is 2.61. The van der Waals surface area contributed by atoms with Crippen LogP contribution in [0.5, 0.6) is 0 Å². The van der Waals surface area contributed by atoms with Crippen LogP contribution in [0.2, 0.25) is 0 Å². The Hall–Kier alpha value is -0.290. The summed E-state index contributed by atoms with van der Waals surface area (Å²) in [6.07, 6.45) is -0.483. The zero-order valence-corrected chi connectivity index (χ0v) is 10.9. The summed E-state index contributed by atoms with van der Waals surface area (Å²) in [5, 5.41) is 3.19. The first kappa shape index (κ1) is 16.7. The minimum Gasteiger partial charge on any atom is -0.372 e. The maximum Gasteiger partial charge on any atom is 0.411 e. The van der Waals surface area contributed by atoms with Crippen LogP contribution in [0.15, 0.2) is 0 Å². The maximum atomic E-state index is 11.8. The first-order valence-electron chi connectivity index (χ1n) is 6.17. The normalized spacial score (nSPS) is 14.3. The highest BCUT2D eigenvalue weighted by Gasteiger charge is 2.27. The summed E-state index contributed by atoms with van der Waals surface area (Å²) in [6, 6.07) is 0.381. The fraction of sp³-hybridized carbons (Fsp3) is 1.00. The second-order valence-electron chi connectivity index (χ2n) is 4.77. The van der Waals surface area contributed by atoms with Crippen LogP contribution >= 0.6 is 0 Å². The molecule has 0 saturated carbocycles. The molecule has 0 fully saturated rings. The Balaban J connectivity index is 3.50. The maximum absolute atomic E-state index is 11.8. The van der Waals surface area contributed by atoms with Gasteiger partial charge in [0.25, 0.3) is 0 Å². The monoisotopic (exact) mass is 255 g/mol. The SMILES string of the molecule is CNC(CCCOCC(F)(F)F)CCC(C)C. The van der Waals surface area contributed by atoms with Crippen molar-refractivity contribution in [2.45, 2.75) is 51.7 Å². The molecule has 0 bridgehead atoms. The molecule has 0 aromatic heterocycles. The molecule has 0 heterocycles. The van der Waals surface area contributed by atoms with Crippen LogP contribution in [-0.2, 0) is 4.74 Å². The van der Waals surface area contributed by atoms with Crippen molar-refractivity contribution in [2.75, 3.05) is 20.3 Å². The Morgan fingerprint density at radius 2 is 1.76 bits per heavy atom. The number of rotatable bonds is 9. The van der Waals surface area contributed by atoms with E-state index in [-0.39, 0.29) is 6.61 Å². The van der Waals surface area contributed by atoms with Gasteiger partial charge < -0.3 is 10.1 Å². The quantitative estimate of drug-likeness (QED) is 0.638. The molecule has 0 aliphatic rings. The molecule has 104 valence electrons. The van der Waals surface area contributed by atoms with Gasteiger partial charge in [0.2, 0.25) is 0 Å². The summed E-state index contributed by atoms with van der Waals surface area (Å²) in [6.45, 7) is 3.38. The minimum absolute atomic E-state index is 0.180. The van der Waals surface area contributed by atoms with Gasteiger partial charge in [-0.25, -0.2) is 0 Å². The number of alkyl halides is 3. The van der Waals surface area contributed by atoms with Crippen molar-refractivity contribution < 1.29 is 17.9 Å². The van der Waals surface area contributed by atoms with Crippen LogP contribution in [0, 0.1) is 5.92 Å². The van der Waals surface area contributed by atoms with Crippen LogP contribution in [0.4, 0.5) is 13.2 Å². The Bertz CT molecular complexity index is 183. The smallest absolute Gasteiger partial charge is 0.372 e. The highest BCUT2D eigenvalue weighted by molar-refractivity contribution is 4.65. The summed E-state index contributed by atoms with van der Waals surface area (Å²) in [7, 11) is 1.89. The Morgan fingerprint density at radius 1 is 1.12 bits per heavy atom. The van der Waals surface area contributed by atoms with E-state index < -0.39 is 12.8 Å². The highest BCUT2D eigenvalue weighted by atomic mass is 19.4. The summed E-state index contributed by atoms with van der Waals surface area (Å²) >= 11 is 0. The predicted molar refractivity (Wildman–Crippen MR) is 63.0 cm³/mol.